The topological polar surface area (TPSA) is 77.8 Å². The molecule has 0 saturated carbocycles. The Bertz CT molecular complexity index is 3200. The highest BCUT2D eigenvalue weighted by Gasteiger charge is 2.22. The van der Waals surface area contributed by atoms with E-state index in [-0.39, 0.29) is 0 Å². The van der Waals surface area contributed by atoms with Crippen LogP contribution in [0.5, 0.6) is 0 Å². The van der Waals surface area contributed by atoms with Gasteiger partial charge in [-0.15, -0.1) is 0 Å². The van der Waals surface area contributed by atoms with Crippen LogP contribution >= 0.6 is 0 Å². The summed E-state index contributed by atoms with van der Waals surface area (Å²) in [5.74, 6) is 1.75. The number of hydrogen-bond acceptors (Lipinski definition) is 6. The fraction of sp³-hybridized carbons (Fsp3) is 0. The number of hydrogen-bond donors (Lipinski definition) is 0. The molecule has 7 aromatic carbocycles. The summed E-state index contributed by atoms with van der Waals surface area (Å²) in [6.45, 7) is 0. The van der Waals surface area contributed by atoms with Crippen molar-refractivity contribution in [1.82, 2.24) is 19.9 Å². The molecule has 52 heavy (non-hydrogen) atoms. The summed E-state index contributed by atoms with van der Waals surface area (Å²) in [6.07, 6.45) is 3.70. The average Bonchev–Trinajstić information content (AvgIpc) is 3.77. The number of fused-ring (bicyclic) bond motifs is 8. The SMILES string of the molecule is c1ccc(-c2nc(-c3ccc4ccccc4c3)nc(-c3cc(-c4cccc5oc6ccccc6c45)cc4oc5cc6ccncc6cc5c34)n2)cc1. The molecule has 4 heterocycles. The maximum absolute atomic E-state index is 6.73. The molecule has 6 nitrogen and oxygen atoms in total. The number of aromatic nitrogens is 4. The Morgan fingerprint density at radius 1 is 0.365 bits per heavy atom. The van der Waals surface area contributed by atoms with E-state index >= 15 is 0 Å². The van der Waals surface area contributed by atoms with Gasteiger partial charge in [-0.2, -0.15) is 0 Å². The highest BCUT2D eigenvalue weighted by molar-refractivity contribution is 6.18. The molecule has 0 aliphatic rings. The number of benzene rings is 7. The van der Waals surface area contributed by atoms with Crippen LogP contribution in [0.2, 0.25) is 0 Å². The minimum Gasteiger partial charge on any atom is -0.456 e. The van der Waals surface area contributed by atoms with Gasteiger partial charge >= 0.3 is 0 Å². The summed E-state index contributed by atoms with van der Waals surface area (Å²) >= 11 is 0. The molecule has 0 atom stereocenters. The standard InChI is InChI=1S/C46H26N4O2/c1-2-10-28(11-3-1)44-48-45(31-18-17-27-9-4-5-12-29(27)21-31)50-46(49-44)37-22-32(34-14-8-16-39-42(34)35-13-6-7-15-38(35)51-39)25-41-43(37)36-23-33-26-47-20-19-30(33)24-40(36)52-41/h1-26H. The minimum atomic E-state index is 0.557. The lowest BCUT2D eigenvalue weighted by atomic mass is 9.95. The van der Waals surface area contributed by atoms with Crippen LogP contribution in [0.15, 0.2) is 167 Å². The van der Waals surface area contributed by atoms with Crippen LogP contribution in [0.4, 0.5) is 0 Å². The highest BCUT2D eigenvalue weighted by Crippen LogP contribution is 2.43. The minimum absolute atomic E-state index is 0.557. The van der Waals surface area contributed by atoms with E-state index in [0.29, 0.717) is 17.5 Å². The Labute approximate surface area is 296 Å². The second kappa shape index (κ2) is 11.2. The molecular weight excluding hydrogens is 641 g/mol. The number of pyridine rings is 1. The van der Waals surface area contributed by atoms with Crippen molar-refractivity contribution >= 4 is 65.4 Å². The fourth-order valence-corrected chi connectivity index (χ4v) is 7.50. The molecule has 0 unspecified atom stereocenters. The van der Waals surface area contributed by atoms with Gasteiger partial charge in [0, 0.05) is 56.0 Å². The van der Waals surface area contributed by atoms with Crippen molar-refractivity contribution < 1.29 is 8.83 Å². The zero-order valence-electron chi connectivity index (χ0n) is 27.6. The maximum Gasteiger partial charge on any atom is 0.164 e. The quantitative estimate of drug-likeness (QED) is 0.186. The van der Waals surface area contributed by atoms with Crippen LogP contribution in [0.3, 0.4) is 0 Å². The van der Waals surface area contributed by atoms with E-state index in [0.717, 1.165) is 93.2 Å². The van der Waals surface area contributed by atoms with Gasteiger partial charge in [-0.3, -0.25) is 4.98 Å². The number of rotatable bonds is 4. The molecule has 0 aliphatic heterocycles. The van der Waals surface area contributed by atoms with Crippen molar-refractivity contribution in [2.24, 2.45) is 0 Å². The van der Waals surface area contributed by atoms with Gasteiger partial charge in [0.15, 0.2) is 17.5 Å². The molecule has 4 aromatic heterocycles. The van der Waals surface area contributed by atoms with Gasteiger partial charge in [0.1, 0.15) is 22.3 Å². The molecule has 0 saturated heterocycles. The molecule has 0 bridgehead atoms. The van der Waals surface area contributed by atoms with E-state index in [1.54, 1.807) is 6.20 Å². The van der Waals surface area contributed by atoms with E-state index in [4.69, 9.17) is 23.8 Å². The predicted octanol–water partition coefficient (Wildman–Crippen LogP) is 12.0. The third-order valence-electron chi connectivity index (χ3n) is 9.96. The van der Waals surface area contributed by atoms with E-state index in [2.05, 4.69) is 83.8 Å². The summed E-state index contributed by atoms with van der Waals surface area (Å²) in [6, 6.07) is 49.7. The molecule has 0 aliphatic carbocycles. The second-order valence-electron chi connectivity index (χ2n) is 13.1. The van der Waals surface area contributed by atoms with Crippen LogP contribution in [0, 0.1) is 0 Å². The van der Waals surface area contributed by atoms with E-state index in [9.17, 15) is 0 Å². The van der Waals surface area contributed by atoms with Crippen molar-refractivity contribution in [1.29, 1.82) is 0 Å². The van der Waals surface area contributed by atoms with E-state index in [1.807, 2.05) is 72.9 Å². The fourth-order valence-electron chi connectivity index (χ4n) is 7.50. The van der Waals surface area contributed by atoms with Crippen molar-refractivity contribution in [3.63, 3.8) is 0 Å². The lowest BCUT2D eigenvalue weighted by Crippen LogP contribution is -2.00. The Morgan fingerprint density at radius 2 is 1.10 bits per heavy atom. The van der Waals surface area contributed by atoms with Gasteiger partial charge in [0.25, 0.3) is 0 Å². The molecule has 0 amide bonds. The summed E-state index contributed by atoms with van der Waals surface area (Å²) < 4.78 is 13.0. The first-order valence-electron chi connectivity index (χ1n) is 17.2. The summed E-state index contributed by atoms with van der Waals surface area (Å²) in [5, 5.41) is 8.38. The average molecular weight is 667 g/mol. The first-order valence-corrected chi connectivity index (χ1v) is 17.2. The van der Waals surface area contributed by atoms with Crippen LogP contribution in [-0.4, -0.2) is 19.9 Å². The Balaban J connectivity index is 1.24. The molecule has 0 fully saturated rings. The van der Waals surface area contributed by atoms with Gasteiger partial charge in [-0.05, 0) is 75.8 Å². The van der Waals surface area contributed by atoms with Gasteiger partial charge < -0.3 is 8.83 Å². The molecular formula is C46H26N4O2. The number of nitrogens with zero attached hydrogens (tertiary/aromatic N) is 4. The van der Waals surface area contributed by atoms with Crippen molar-refractivity contribution in [2.45, 2.75) is 0 Å². The van der Waals surface area contributed by atoms with E-state index in [1.165, 1.54) is 0 Å². The zero-order valence-corrected chi connectivity index (χ0v) is 27.6. The van der Waals surface area contributed by atoms with Crippen LogP contribution in [0.25, 0.3) is 111 Å². The normalized spacial score (nSPS) is 11.8. The van der Waals surface area contributed by atoms with Crippen LogP contribution in [0.1, 0.15) is 0 Å². The molecule has 242 valence electrons. The summed E-state index contributed by atoms with van der Waals surface area (Å²) in [4.78, 5) is 19.9. The van der Waals surface area contributed by atoms with Crippen LogP contribution < -0.4 is 0 Å². The van der Waals surface area contributed by atoms with Gasteiger partial charge in [0.2, 0.25) is 0 Å². The Morgan fingerprint density at radius 3 is 2.02 bits per heavy atom. The zero-order chi connectivity index (χ0) is 34.2. The molecule has 11 aromatic rings. The lowest BCUT2D eigenvalue weighted by molar-refractivity contribution is 0.668. The van der Waals surface area contributed by atoms with Gasteiger partial charge in [-0.1, -0.05) is 97.1 Å². The summed E-state index contributed by atoms with van der Waals surface area (Å²) in [7, 11) is 0. The Hall–Kier alpha value is -7.18. The Kier molecular flexibility index (Phi) is 6.15. The molecule has 6 heteroatoms. The smallest absolute Gasteiger partial charge is 0.164 e. The second-order valence-corrected chi connectivity index (χ2v) is 13.1. The first-order chi connectivity index (χ1) is 25.7. The largest absolute Gasteiger partial charge is 0.456 e. The number of furan rings is 2. The third-order valence-corrected chi connectivity index (χ3v) is 9.96. The predicted molar refractivity (Wildman–Crippen MR) is 209 cm³/mol. The van der Waals surface area contributed by atoms with E-state index < -0.39 is 0 Å². The van der Waals surface area contributed by atoms with Gasteiger partial charge in [0.05, 0.1) is 0 Å². The summed E-state index contributed by atoms with van der Waals surface area (Å²) in [5.41, 5.74) is 7.87. The third kappa shape index (κ3) is 4.51. The number of para-hydroxylation sites is 1. The lowest BCUT2D eigenvalue weighted by Gasteiger charge is -2.12. The molecule has 0 spiro atoms. The van der Waals surface area contributed by atoms with Gasteiger partial charge in [-0.25, -0.2) is 15.0 Å². The van der Waals surface area contributed by atoms with Crippen molar-refractivity contribution in [3.8, 4) is 45.3 Å². The first kappa shape index (κ1) is 28.6. The van der Waals surface area contributed by atoms with Crippen molar-refractivity contribution in [3.05, 3.63) is 158 Å². The molecule has 0 radical (unpaired) electrons. The molecule has 0 N–H and O–H groups in total. The van der Waals surface area contributed by atoms with Crippen LogP contribution in [-0.2, 0) is 0 Å². The van der Waals surface area contributed by atoms with Crippen molar-refractivity contribution in [2.75, 3.05) is 0 Å². The molecule has 11 rings (SSSR count). The monoisotopic (exact) mass is 666 g/mol. The highest BCUT2D eigenvalue weighted by atomic mass is 16.3. The maximum atomic E-state index is 6.73.